The smallest absolute Gasteiger partial charge is 0.337 e. The first-order valence-electron chi connectivity index (χ1n) is 7.63. The van der Waals surface area contributed by atoms with Gasteiger partial charge >= 0.3 is 5.97 Å². The Hall–Kier alpha value is -2.14. The second-order valence-electron chi connectivity index (χ2n) is 5.71. The van der Waals surface area contributed by atoms with Crippen LogP contribution >= 0.6 is 0 Å². The largest absolute Gasteiger partial charge is 0.465 e. The van der Waals surface area contributed by atoms with Crippen LogP contribution in [0.25, 0.3) is 11.3 Å². The van der Waals surface area contributed by atoms with Crippen LogP contribution in [0.15, 0.2) is 24.4 Å². The van der Waals surface area contributed by atoms with E-state index in [-0.39, 0.29) is 5.97 Å². The van der Waals surface area contributed by atoms with Gasteiger partial charge in [0.2, 0.25) is 0 Å². The summed E-state index contributed by atoms with van der Waals surface area (Å²) in [7, 11) is 1.39. The quantitative estimate of drug-likeness (QED) is 0.861. The molecule has 0 aliphatic carbocycles. The molecule has 0 atom stereocenters. The van der Waals surface area contributed by atoms with E-state index in [2.05, 4.69) is 14.9 Å². The Morgan fingerprint density at radius 3 is 2.91 bits per heavy atom. The van der Waals surface area contributed by atoms with Crippen molar-refractivity contribution in [3.8, 4) is 11.3 Å². The molecule has 2 aromatic rings. The number of likely N-dealkylation sites (tertiary alicyclic amines) is 1. The lowest BCUT2D eigenvalue weighted by atomic mass is 10.0. The van der Waals surface area contributed by atoms with Crippen molar-refractivity contribution in [1.82, 2.24) is 14.9 Å². The van der Waals surface area contributed by atoms with Gasteiger partial charge in [-0.25, -0.2) is 9.78 Å². The topological polar surface area (TPSA) is 58.2 Å². The van der Waals surface area contributed by atoms with E-state index in [4.69, 9.17) is 4.74 Å². The van der Waals surface area contributed by atoms with Crippen molar-refractivity contribution in [3.05, 3.63) is 41.3 Å². The summed E-state index contributed by atoms with van der Waals surface area (Å²) < 4.78 is 4.79. The molecule has 0 unspecified atom stereocenters. The SMILES string of the molecule is COC(=O)c1ccc(C)c(-c2cnc(CCN3CCC3)[nH]2)c1. The molecule has 0 saturated carbocycles. The number of ether oxygens (including phenoxy) is 1. The predicted molar refractivity (Wildman–Crippen MR) is 84.9 cm³/mol. The van der Waals surface area contributed by atoms with Gasteiger partial charge in [-0.05, 0) is 44.1 Å². The van der Waals surface area contributed by atoms with Crippen LogP contribution in [0.1, 0.15) is 28.2 Å². The first-order chi connectivity index (χ1) is 10.7. The van der Waals surface area contributed by atoms with Crippen molar-refractivity contribution in [2.75, 3.05) is 26.7 Å². The number of nitrogens with one attached hydrogen (secondary N) is 1. The monoisotopic (exact) mass is 299 g/mol. The summed E-state index contributed by atoms with van der Waals surface area (Å²) in [6, 6.07) is 5.57. The number of aryl methyl sites for hydroxylation is 1. The van der Waals surface area contributed by atoms with E-state index in [1.165, 1.54) is 26.6 Å². The summed E-state index contributed by atoms with van der Waals surface area (Å²) in [5.74, 6) is 0.670. The van der Waals surface area contributed by atoms with Gasteiger partial charge in [-0.15, -0.1) is 0 Å². The summed E-state index contributed by atoms with van der Waals surface area (Å²) >= 11 is 0. The van der Waals surface area contributed by atoms with Gasteiger partial charge in [-0.3, -0.25) is 0 Å². The third kappa shape index (κ3) is 3.04. The molecule has 22 heavy (non-hydrogen) atoms. The minimum atomic E-state index is -0.321. The number of benzene rings is 1. The lowest BCUT2D eigenvalue weighted by Crippen LogP contribution is -2.38. The average Bonchev–Trinajstić information content (AvgIpc) is 2.94. The number of esters is 1. The van der Waals surface area contributed by atoms with E-state index in [0.29, 0.717) is 5.56 Å². The van der Waals surface area contributed by atoms with Crippen LogP contribution in [0.2, 0.25) is 0 Å². The minimum Gasteiger partial charge on any atom is -0.465 e. The molecule has 0 amide bonds. The highest BCUT2D eigenvalue weighted by Crippen LogP contribution is 2.23. The molecule has 5 nitrogen and oxygen atoms in total. The maximum absolute atomic E-state index is 11.7. The second kappa shape index (κ2) is 6.32. The van der Waals surface area contributed by atoms with E-state index < -0.39 is 0 Å². The van der Waals surface area contributed by atoms with Crippen LogP contribution in [0, 0.1) is 6.92 Å². The highest BCUT2D eigenvalue weighted by molar-refractivity contribution is 5.91. The van der Waals surface area contributed by atoms with Crippen molar-refractivity contribution in [2.24, 2.45) is 0 Å². The number of imidazole rings is 1. The fraction of sp³-hybridized carbons (Fsp3) is 0.412. The number of carbonyl (C=O) groups is 1. The van der Waals surface area contributed by atoms with Gasteiger partial charge in [0, 0.05) is 18.5 Å². The molecule has 0 radical (unpaired) electrons. The normalized spacial score (nSPS) is 14.6. The van der Waals surface area contributed by atoms with Crippen LogP contribution in [-0.4, -0.2) is 47.6 Å². The molecule has 5 heteroatoms. The molecule has 2 heterocycles. The Morgan fingerprint density at radius 1 is 1.41 bits per heavy atom. The van der Waals surface area contributed by atoms with Crippen LogP contribution < -0.4 is 0 Å². The number of aromatic nitrogens is 2. The highest BCUT2D eigenvalue weighted by atomic mass is 16.5. The molecule has 1 aliphatic heterocycles. The van der Waals surface area contributed by atoms with E-state index >= 15 is 0 Å². The summed E-state index contributed by atoms with van der Waals surface area (Å²) in [5, 5.41) is 0. The summed E-state index contributed by atoms with van der Waals surface area (Å²) in [6.45, 7) is 5.48. The molecule has 116 valence electrons. The Labute approximate surface area is 130 Å². The van der Waals surface area contributed by atoms with E-state index in [1.54, 1.807) is 6.07 Å². The minimum absolute atomic E-state index is 0.321. The highest BCUT2D eigenvalue weighted by Gasteiger charge is 2.15. The van der Waals surface area contributed by atoms with Crippen LogP contribution in [0.3, 0.4) is 0 Å². The first kappa shape index (κ1) is 14.8. The van der Waals surface area contributed by atoms with Gasteiger partial charge in [-0.1, -0.05) is 6.07 Å². The van der Waals surface area contributed by atoms with Gasteiger partial charge in [0.25, 0.3) is 0 Å². The lowest BCUT2D eigenvalue weighted by Gasteiger charge is -2.30. The first-order valence-corrected chi connectivity index (χ1v) is 7.63. The number of nitrogens with zero attached hydrogens (tertiary/aromatic N) is 2. The third-order valence-corrected chi connectivity index (χ3v) is 4.19. The van der Waals surface area contributed by atoms with Crippen molar-refractivity contribution < 1.29 is 9.53 Å². The Balaban J connectivity index is 1.78. The van der Waals surface area contributed by atoms with Crippen molar-refractivity contribution in [1.29, 1.82) is 0 Å². The number of rotatable bonds is 5. The van der Waals surface area contributed by atoms with E-state index in [9.17, 15) is 4.79 Å². The maximum Gasteiger partial charge on any atom is 0.337 e. The molecule has 1 aromatic carbocycles. The van der Waals surface area contributed by atoms with Gasteiger partial charge < -0.3 is 14.6 Å². The van der Waals surface area contributed by atoms with Crippen molar-refractivity contribution >= 4 is 5.97 Å². The Morgan fingerprint density at radius 2 is 2.23 bits per heavy atom. The second-order valence-corrected chi connectivity index (χ2v) is 5.71. The molecule has 1 aliphatic rings. The van der Waals surface area contributed by atoms with Crippen molar-refractivity contribution in [3.63, 3.8) is 0 Å². The van der Waals surface area contributed by atoms with Crippen LogP contribution in [0.5, 0.6) is 0 Å². The molecule has 0 bridgehead atoms. The van der Waals surface area contributed by atoms with Crippen LogP contribution in [0.4, 0.5) is 0 Å². The molecule has 1 aromatic heterocycles. The lowest BCUT2D eigenvalue weighted by molar-refractivity contribution is 0.0601. The number of aromatic amines is 1. The van der Waals surface area contributed by atoms with Gasteiger partial charge in [0.15, 0.2) is 0 Å². The average molecular weight is 299 g/mol. The molecule has 0 spiro atoms. The number of methoxy groups -OCH3 is 1. The van der Waals surface area contributed by atoms with Gasteiger partial charge in [-0.2, -0.15) is 0 Å². The standard InChI is InChI=1S/C17H21N3O2/c1-12-4-5-13(17(21)22-2)10-14(12)15-11-18-16(19-15)6-9-20-7-3-8-20/h4-5,10-11H,3,6-9H2,1-2H3,(H,18,19). The number of hydrogen-bond donors (Lipinski definition) is 1. The maximum atomic E-state index is 11.7. The van der Waals surface area contributed by atoms with Gasteiger partial charge in [0.05, 0.1) is 24.6 Å². The third-order valence-electron chi connectivity index (χ3n) is 4.19. The zero-order chi connectivity index (χ0) is 15.5. The zero-order valence-corrected chi connectivity index (χ0v) is 13.1. The fourth-order valence-electron chi connectivity index (χ4n) is 2.65. The Bertz CT molecular complexity index is 674. The van der Waals surface area contributed by atoms with Gasteiger partial charge in [0.1, 0.15) is 5.82 Å². The Kier molecular flexibility index (Phi) is 4.24. The summed E-state index contributed by atoms with van der Waals surface area (Å²) in [4.78, 5) is 21.9. The van der Waals surface area contributed by atoms with Crippen LogP contribution in [-0.2, 0) is 11.2 Å². The molecule has 1 fully saturated rings. The number of hydrogen-bond acceptors (Lipinski definition) is 4. The molecule has 3 rings (SSSR count). The molecule has 1 N–H and O–H groups in total. The fourth-order valence-corrected chi connectivity index (χ4v) is 2.65. The molecular weight excluding hydrogens is 278 g/mol. The van der Waals surface area contributed by atoms with E-state index in [1.807, 2.05) is 25.3 Å². The summed E-state index contributed by atoms with van der Waals surface area (Å²) in [6.07, 6.45) is 4.08. The summed E-state index contributed by atoms with van der Waals surface area (Å²) in [5.41, 5.74) is 3.60. The zero-order valence-electron chi connectivity index (χ0n) is 13.1. The predicted octanol–water partition coefficient (Wildman–Crippen LogP) is 2.42. The molecular formula is C17H21N3O2. The number of carbonyl (C=O) groups excluding carboxylic acids is 1. The molecule has 1 saturated heterocycles. The van der Waals surface area contributed by atoms with Crippen molar-refractivity contribution in [2.45, 2.75) is 19.8 Å². The van der Waals surface area contributed by atoms with E-state index in [0.717, 1.165) is 35.6 Å². The number of H-pyrrole nitrogens is 1.